The van der Waals surface area contributed by atoms with Gasteiger partial charge in [0.2, 0.25) is 5.91 Å². The van der Waals surface area contributed by atoms with Crippen LogP contribution in [0.15, 0.2) is 51.8 Å². The number of hydrogen-bond donors (Lipinski definition) is 0. The number of thiazole rings is 1. The van der Waals surface area contributed by atoms with Gasteiger partial charge in [-0.15, -0.1) is 11.8 Å². The number of nitrogens with zero attached hydrogens (tertiary/aromatic N) is 2. The second-order valence-corrected chi connectivity index (χ2v) is 10.1. The number of ether oxygens (including phenoxy) is 2. The number of hydrogen-bond acceptors (Lipinski definition) is 6. The molecule has 4 rings (SSSR count). The van der Waals surface area contributed by atoms with E-state index in [2.05, 4.69) is 15.9 Å². The first-order valence-corrected chi connectivity index (χ1v) is 12.5. The van der Waals surface area contributed by atoms with Gasteiger partial charge < -0.3 is 9.47 Å². The van der Waals surface area contributed by atoms with Crippen LogP contribution in [-0.2, 0) is 9.53 Å². The monoisotopic (exact) mass is 506 g/mol. The number of rotatable bonds is 8. The fourth-order valence-corrected chi connectivity index (χ4v) is 5.73. The number of benzene rings is 2. The van der Waals surface area contributed by atoms with Crippen molar-refractivity contribution in [1.82, 2.24) is 4.98 Å². The summed E-state index contributed by atoms with van der Waals surface area (Å²) in [4.78, 5) is 20.8. The molecule has 8 heteroatoms. The van der Waals surface area contributed by atoms with Crippen molar-refractivity contribution in [2.45, 2.75) is 30.3 Å². The molecule has 1 aliphatic heterocycles. The highest BCUT2D eigenvalue weighted by molar-refractivity contribution is 9.10. The number of amides is 1. The van der Waals surface area contributed by atoms with E-state index < -0.39 is 0 Å². The molecule has 2 heterocycles. The van der Waals surface area contributed by atoms with Crippen LogP contribution >= 0.6 is 39.0 Å². The van der Waals surface area contributed by atoms with Crippen molar-refractivity contribution in [2.75, 3.05) is 30.9 Å². The standard InChI is InChI=1S/C22H23BrN2O3S2/c1-27-16-5-7-18(8-6-16)29-12-10-21(26)25(14-17-3-2-11-28-17)22-24-19-9-4-15(23)13-20(19)30-22/h4-9,13,17H,2-3,10-12,14H2,1H3. The molecule has 1 aliphatic rings. The molecule has 30 heavy (non-hydrogen) atoms. The Bertz CT molecular complexity index is 1000. The van der Waals surface area contributed by atoms with Gasteiger partial charge in [-0.2, -0.15) is 0 Å². The minimum Gasteiger partial charge on any atom is -0.497 e. The van der Waals surface area contributed by atoms with E-state index in [1.807, 2.05) is 47.4 Å². The second kappa shape index (κ2) is 10.1. The van der Waals surface area contributed by atoms with E-state index in [1.165, 1.54) is 0 Å². The molecule has 158 valence electrons. The molecule has 1 amide bonds. The number of fused-ring (bicyclic) bond motifs is 1. The molecular weight excluding hydrogens is 484 g/mol. The molecule has 3 aromatic rings. The van der Waals surface area contributed by atoms with Crippen molar-refractivity contribution >= 4 is 60.3 Å². The van der Waals surface area contributed by atoms with Crippen LogP contribution in [0.2, 0.25) is 0 Å². The Balaban J connectivity index is 1.45. The summed E-state index contributed by atoms with van der Waals surface area (Å²) in [6.07, 6.45) is 2.57. The summed E-state index contributed by atoms with van der Waals surface area (Å²) in [5.74, 6) is 1.63. The summed E-state index contributed by atoms with van der Waals surface area (Å²) in [7, 11) is 1.66. The summed E-state index contributed by atoms with van der Waals surface area (Å²) in [5, 5.41) is 0.748. The van der Waals surface area contributed by atoms with Gasteiger partial charge in [-0.3, -0.25) is 9.69 Å². The minimum absolute atomic E-state index is 0.0851. The minimum atomic E-state index is 0.0851. The molecule has 1 atom stereocenters. The average molecular weight is 507 g/mol. The molecule has 0 radical (unpaired) electrons. The maximum atomic E-state index is 13.2. The van der Waals surface area contributed by atoms with Crippen molar-refractivity contribution in [1.29, 1.82) is 0 Å². The van der Waals surface area contributed by atoms with E-state index in [-0.39, 0.29) is 12.0 Å². The topological polar surface area (TPSA) is 51.7 Å². The highest BCUT2D eigenvalue weighted by atomic mass is 79.9. The van der Waals surface area contributed by atoms with Gasteiger partial charge in [-0.05, 0) is 55.3 Å². The van der Waals surface area contributed by atoms with Crippen LogP contribution in [0.25, 0.3) is 10.2 Å². The zero-order valence-electron chi connectivity index (χ0n) is 16.7. The lowest BCUT2D eigenvalue weighted by Gasteiger charge is -2.23. The van der Waals surface area contributed by atoms with Gasteiger partial charge in [0.15, 0.2) is 5.13 Å². The summed E-state index contributed by atoms with van der Waals surface area (Å²) in [6.45, 7) is 1.33. The predicted octanol–water partition coefficient (Wildman–Crippen LogP) is 5.76. The number of anilines is 1. The normalized spacial score (nSPS) is 16.1. The average Bonchev–Trinajstić information content (AvgIpc) is 3.41. The lowest BCUT2D eigenvalue weighted by atomic mass is 10.2. The Hall–Kier alpha value is -1.61. The zero-order chi connectivity index (χ0) is 20.9. The lowest BCUT2D eigenvalue weighted by Crippen LogP contribution is -2.37. The number of methoxy groups -OCH3 is 1. The number of aromatic nitrogens is 1. The smallest absolute Gasteiger partial charge is 0.229 e. The van der Waals surface area contributed by atoms with Gasteiger partial charge in [0.1, 0.15) is 5.75 Å². The fourth-order valence-electron chi connectivity index (χ4n) is 3.34. The van der Waals surface area contributed by atoms with Crippen molar-refractivity contribution in [3.63, 3.8) is 0 Å². The summed E-state index contributed by atoms with van der Waals surface area (Å²) in [6, 6.07) is 13.9. The molecule has 5 nitrogen and oxygen atoms in total. The number of thioether (sulfide) groups is 1. The first kappa shape index (κ1) is 21.6. The number of halogens is 1. The summed E-state index contributed by atoms with van der Waals surface area (Å²) >= 11 is 6.74. The van der Waals surface area contributed by atoms with Crippen LogP contribution < -0.4 is 9.64 Å². The van der Waals surface area contributed by atoms with E-state index in [0.717, 1.165) is 49.9 Å². The van der Waals surface area contributed by atoms with Crippen molar-refractivity contribution in [3.8, 4) is 5.75 Å². The van der Waals surface area contributed by atoms with Crippen LogP contribution in [0, 0.1) is 0 Å². The van der Waals surface area contributed by atoms with E-state index in [1.54, 1.807) is 30.2 Å². The van der Waals surface area contributed by atoms with Crippen LogP contribution in [0.1, 0.15) is 19.3 Å². The molecule has 1 saturated heterocycles. The Kier molecular flexibility index (Phi) is 7.30. The van der Waals surface area contributed by atoms with Gasteiger partial charge >= 0.3 is 0 Å². The van der Waals surface area contributed by atoms with Crippen molar-refractivity contribution in [3.05, 3.63) is 46.9 Å². The number of carbonyl (C=O) groups excluding carboxylic acids is 1. The molecule has 2 aromatic carbocycles. The lowest BCUT2D eigenvalue weighted by molar-refractivity contribution is -0.118. The Morgan fingerprint density at radius 2 is 2.17 bits per heavy atom. The first-order valence-electron chi connectivity index (χ1n) is 9.87. The van der Waals surface area contributed by atoms with Crippen LogP contribution in [0.4, 0.5) is 5.13 Å². The van der Waals surface area contributed by atoms with Gasteiger partial charge in [0.05, 0.1) is 30.0 Å². The van der Waals surface area contributed by atoms with Gasteiger partial charge in [0, 0.05) is 28.1 Å². The quantitative estimate of drug-likeness (QED) is 0.363. The van der Waals surface area contributed by atoms with E-state index in [4.69, 9.17) is 14.5 Å². The van der Waals surface area contributed by atoms with E-state index >= 15 is 0 Å². The largest absolute Gasteiger partial charge is 0.497 e. The van der Waals surface area contributed by atoms with Gasteiger partial charge in [-0.25, -0.2) is 4.98 Å². The third-order valence-electron chi connectivity index (χ3n) is 4.93. The first-order chi connectivity index (χ1) is 14.6. The molecular formula is C22H23BrN2O3S2. The van der Waals surface area contributed by atoms with Crippen LogP contribution in [0.5, 0.6) is 5.75 Å². The second-order valence-electron chi connectivity index (χ2n) is 7.02. The molecule has 0 spiro atoms. The Morgan fingerprint density at radius 1 is 1.33 bits per heavy atom. The molecule has 1 fully saturated rings. The van der Waals surface area contributed by atoms with Gasteiger partial charge in [0.25, 0.3) is 0 Å². The van der Waals surface area contributed by atoms with E-state index in [0.29, 0.717) is 18.7 Å². The van der Waals surface area contributed by atoms with Crippen LogP contribution in [0.3, 0.4) is 0 Å². The molecule has 0 bridgehead atoms. The third kappa shape index (κ3) is 5.35. The molecule has 1 aromatic heterocycles. The maximum absolute atomic E-state index is 13.2. The molecule has 1 unspecified atom stereocenters. The van der Waals surface area contributed by atoms with Crippen molar-refractivity contribution < 1.29 is 14.3 Å². The highest BCUT2D eigenvalue weighted by Crippen LogP contribution is 2.32. The molecule has 0 aliphatic carbocycles. The summed E-state index contributed by atoms with van der Waals surface area (Å²) < 4.78 is 13.1. The molecule has 0 saturated carbocycles. The fraction of sp³-hybridized carbons (Fsp3) is 0.364. The zero-order valence-corrected chi connectivity index (χ0v) is 19.9. The highest BCUT2D eigenvalue weighted by Gasteiger charge is 2.26. The third-order valence-corrected chi connectivity index (χ3v) is 7.47. The Labute approximate surface area is 192 Å². The van der Waals surface area contributed by atoms with E-state index in [9.17, 15) is 4.79 Å². The Morgan fingerprint density at radius 3 is 2.90 bits per heavy atom. The SMILES string of the molecule is COc1ccc(SCCC(=O)N(CC2CCCO2)c2nc3ccc(Br)cc3s2)cc1. The predicted molar refractivity (Wildman–Crippen MR) is 127 cm³/mol. The summed E-state index contributed by atoms with van der Waals surface area (Å²) in [5.41, 5.74) is 0.913. The molecule has 0 N–H and O–H groups in total. The van der Waals surface area contributed by atoms with Gasteiger partial charge in [-0.1, -0.05) is 27.3 Å². The van der Waals surface area contributed by atoms with Crippen LogP contribution in [-0.4, -0.2) is 43.0 Å². The number of carbonyl (C=O) groups is 1. The van der Waals surface area contributed by atoms with Crippen molar-refractivity contribution in [2.24, 2.45) is 0 Å². The maximum Gasteiger partial charge on any atom is 0.229 e.